The fourth-order valence-corrected chi connectivity index (χ4v) is 6.60. The van der Waals surface area contributed by atoms with E-state index in [1.165, 1.54) is 16.9 Å². The summed E-state index contributed by atoms with van der Waals surface area (Å²) < 4.78 is 13.5. The van der Waals surface area contributed by atoms with E-state index in [-0.39, 0.29) is 11.3 Å². The molecule has 1 amide bonds. The van der Waals surface area contributed by atoms with E-state index in [1.807, 2.05) is 27.4 Å². The minimum atomic E-state index is -0.0381. The van der Waals surface area contributed by atoms with Crippen LogP contribution in [0.25, 0.3) is 0 Å². The van der Waals surface area contributed by atoms with E-state index in [2.05, 4.69) is 37.9 Å². The van der Waals surface area contributed by atoms with Crippen molar-refractivity contribution >= 4 is 67.0 Å². The Bertz CT molecular complexity index is 862. The molecule has 0 saturated carbocycles. The van der Waals surface area contributed by atoms with Crippen LogP contribution < -0.4 is 10.0 Å². The smallest absolute Gasteiger partial charge is 0.264 e. The number of amides is 1. The van der Waals surface area contributed by atoms with E-state index in [9.17, 15) is 9.35 Å². The van der Waals surface area contributed by atoms with Crippen LogP contribution in [0.1, 0.15) is 33.6 Å². The van der Waals surface area contributed by atoms with Crippen LogP contribution in [-0.2, 0) is 12.0 Å². The normalized spacial score (nSPS) is 18.2. The summed E-state index contributed by atoms with van der Waals surface area (Å²) in [4.78, 5) is 15.5. The van der Waals surface area contributed by atoms with Gasteiger partial charge >= 0.3 is 0 Å². The average Bonchev–Trinajstić information content (AvgIpc) is 3.19. The highest BCUT2D eigenvalue weighted by Gasteiger charge is 2.45. The lowest BCUT2D eigenvalue weighted by atomic mass is 9.74. The Labute approximate surface area is 183 Å². The Balaban J connectivity index is 1.56. The van der Waals surface area contributed by atoms with Gasteiger partial charge in [0.05, 0.1) is 14.4 Å². The van der Waals surface area contributed by atoms with Gasteiger partial charge in [-0.2, -0.15) is 0 Å². The van der Waals surface area contributed by atoms with Gasteiger partial charge in [-0.15, -0.1) is 11.3 Å². The quantitative estimate of drug-likeness (QED) is 0.437. The van der Waals surface area contributed by atoms with Crippen molar-refractivity contribution in [2.75, 3.05) is 23.9 Å². The van der Waals surface area contributed by atoms with Crippen molar-refractivity contribution in [2.24, 2.45) is 5.73 Å². The Morgan fingerprint density at radius 3 is 2.63 bits per heavy atom. The Morgan fingerprint density at radius 1 is 1.30 bits per heavy atom. The minimum absolute atomic E-state index is 0.0381. The number of nitrogens with two attached hydrogens (primary N) is 1. The highest BCUT2D eigenvalue weighted by molar-refractivity contribution is 9.13. The summed E-state index contributed by atoms with van der Waals surface area (Å²) in [6.45, 7) is 2.68. The molecule has 2 aliphatic heterocycles. The zero-order chi connectivity index (χ0) is 19.2. The third-order valence-electron chi connectivity index (χ3n) is 5.55. The van der Waals surface area contributed by atoms with Crippen LogP contribution in [0.4, 0.5) is 5.69 Å². The van der Waals surface area contributed by atoms with Crippen LogP contribution in [0.3, 0.4) is 0 Å². The number of anilines is 1. The summed E-state index contributed by atoms with van der Waals surface area (Å²) >= 11 is 9.15. The van der Waals surface area contributed by atoms with Crippen molar-refractivity contribution in [1.82, 2.24) is 4.90 Å². The van der Waals surface area contributed by atoms with Crippen molar-refractivity contribution < 1.29 is 9.35 Å². The van der Waals surface area contributed by atoms with E-state index in [4.69, 9.17) is 5.73 Å². The number of carbonyl (C=O) groups is 1. The number of carbonyl (C=O) groups excluding carboxylic acids is 1. The number of hydrogen-bond acceptors (Lipinski definition) is 6. The molecule has 0 aliphatic carbocycles. The first kappa shape index (κ1) is 19.7. The summed E-state index contributed by atoms with van der Waals surface area (Å²) in [6.07, 6.45) is 1.76. The predicted molar refractivity (Wildman–Crippen MR) is 118 cm³/mol. The number of likely N-dealkylation sites (tertiary alicyclic amines) is 1. The van der Waals surface area contributed by atoms with Crippen LogP contribution in [0.5, 0.6) is 0 Å². The SMILES string of the molecule is NCc1ccc2c(c1)C1(CCN(C(=O)c3cc(Br)c(Br)s3)CC1)CN2SO. The van der Waals surface area contributed by atoms with Crippen LogP contribution in [0.2, 0.25) is 0 Å². The van der Waals surface area contributed by atoms with E-state index in [0.717, 1.165) is 56.0 Å². The molecule has 27 heavy (non-hydrogen) atoms. The number of fused-ring (bicyclic) bond motifs is 2. The monoisotopic (exact) mass is 531 g/mol. The molecule has 5 nitrogen and oxygen atoms in total. The number of piperidine rings is 1. The summed E-state index contributed by atoms with van der Waals surface area (Å²) in [7, 11) is 0. The van der Waals surface area contributed by atoms with Gasteiger partial charge in [-0.3, -0.25) is 9.10 Å². The van der Waals surface area contributed by atoms with Crippen molar-refractivity contribution in [3.8, 4) is 0 Å². The zero-order valence-corrected chi connectivity index (χ0v) is 19.3. The highest BCUT2D eigenvalue weighted by Crippen LogP contribution is 2.49. The fourth-order valence-electron chi connectivity index (χ4n) is 4.04. The number of halogens is 2. The lowest BCUT2D eigenvalue weighted by molar-refractivity contribution is 0.0680. The average molecular weight is 533 g/mol. The molecule has 1 aromatic heterocycles. The maximum atomic E-state index is 12.9. The molecule has 2 aromatic rings. The Morgan fingerprint density at radius 2 is 2.04 bits per heavy atom. The highest BCUT2D eigenvalue weighted by atomic mass is 79.9. The fraction of sp³-hybridized carbons (Fsp3) is 0.389. The molecule has 1 fully saturated rings. The van der Waals surface area contributed by atoms with Gasteiger partial charge in [0.2, 0.25) is 0 Å². The molecular formula is C18H19Br2N3O2S2. The largest absolute Gasteiger partial charge is 0.338 e. The summed E-state index contributed by atoms with van der Waals surface area (Å²) in [5, 5.41) is 0. The van der Waals surface area contributed by atoms with Gasteiger partial charge < -0.3 is 15.2 Å². The topological polar surface area (TPSA) is 69.8 Å². The molecule has 144 valence electrons. The molecule has 0 radical (unpaired) electrons. The van der Waals surface area contributed by atoms with Crippen molar-refractivity contribution in [2.45, 2.75) is 24.8 Å². The number of thiophene rings is 1. The molecule has 9 heteroatoms. The van der Waals surface area contributed by atoms with Crippen molar-refractivity contribution in [3.05, 3.63) is 48.5 Å². The van der Waals surface area contributed by atoms with Gasteiger partial charge in [0.25, 0.3) is 5.91 Å². The molecule has 1 aromatic carbocycles. The molecular weight excluding hydrogens is 514 g/mol. The van der Waals surface area contributed by atoms with E-state index in [1.54, 1.807) is 0 Å². The molecule has 3 heterocycles. The van der Waals surface area contributed by atoms with Crippen LogP contribution in [0, 0.1) is 0 Å². The van der Waals surface area contributed by atoms with Crippen LogP contribution in [0.15, 0.2) is 32.5 Å². The third kappa shape index (κ3) is 3.47. The minimum Gasteiger partial charge on any atom is -0.338 e. The molecule has 1 saturated heterocycles. The van der Waals surface area contributed by atoms with Gasteiger partial charge in [-0.25, -0.2) is 0 Å². The lowest BCUT2D eigenvalue weighted by Crippen LogP contribution is -2.46. The first-order chi connectivity index (χ1) is 13.0. The molecule has 1 spiro atoms. The predicted octanol–water partition coefficient (Wildman–Crippen LogP) is 4.85. The first-order valence-corrected chi connectivity index (χ1v) is 11.8. The maximum Gasteiger partial charge on any atom is 0.264 e. The molecule has 3 N–H and O–H groups in total. The Kier molecular flexibility index (Phi) is 5.61. The van der Waals surface area contributed by atoms with Gasteiger partial charge in [0.1, 0.15) is 12.2 Å². The molecule has 0 bridgehead atoms. The lowest BCUT2D eigenvalue weighted by Gasteiger charge is -2.39. The summed E-state index contributed by atoms with van der Waals surface area (Å²) in [5.41, 5.74) is 9.22. The number of nitrogens with zero attached hydrogens (tertiary/aromatic N) is 2. The molecule has 2 aliphatic rings. The summed E-state index contributed by atoms with van der Waals surface area (Å²) in [5.74, 6) is 0.0866. The van der Waals surface area contributed by atoms with Gasteiger partial charge in [-0.1, -0.05) is 12.1 Å². The second kappa shape index (κ2) is 7.68. The summed E-state index contributed by atoms with van der Waals surface area (Å²) in [6, 6.07) is 8.13. The number of benzene rings is 1. The van der Waals surface area contributed by atoms with Gasteiger partial charge in [0.15, 0.2) is 0 Å². The Hall–Kier alpha value is -0.580. The number of hydrogen-bond donors (Lipinski definition) is 2. The van der Waals surface area contributed by atoms with E-state index in [0.29, 0.717) is 19.6 Å². The molecule has 4 rings (SSSR count). The van der Waals surface area contributed by atoms with Crippen LogP contribution >= 0.6 is 55.4 Å². The second-order valence-corrected chi connectivity index (χ2v) is 10.8. The standard InChI is InChI=1S/C18H19Br2N3O2S2/c19-13-8-15(26-16(13)20)17(24)22-5-3-18(4-6-22)10-23(27-25)14-2-1-11(9-21)7-12(14)18/h1-2,7-8,25H,3-6,9-10,21H2. The van der Waals surface area contributed by atoms with Crippen molar-refractivity contribution in [3.63, 3.8) is 0 Å². The van der Waals surface area contributed by atoms with Crippen LogP contribution in [-0.4, -0.2) is 35.0 Å². The maximum absolute atomic E-state index is 12.9. The first-order valence-electron chi connectivity index (χ1n) is 8.64. The molecule has 0 atom stereocenters. The van der Waals surface area contributed by atoms with Gasteiger partial charge in [0, 0.05) is 36.1 Å². The number of rotatable bonds is 3. The molecule has 0 unspecified atom stereocenters. The third-order valence-corrected chi connectivity index (χ3v) is 9.31. The zero-order valence-electron chi connectivity index (χ0n) is 14.5. The van der Waals surface area contributed by atoms with Crippen molar-refractivity contribution in [1.29, 1.82) is 0 Å². The van der Waals surface area contributed by atoms with E-state index >= 15 is 0 Å². The second-order valence-electron chi connectivity index (χ2n) is 6.98. The van der Waals surface area contributed by atoms with E-state index < -0.39 is 0 Å². The van der Waals surface area contributed by atoms with Gasteiger partial charge in [-0.05, 0) is 68.0 Å².